The van der Waals surface area contributed by atoms with Crippen LogP contribution < -0.4 is 5.32 Å². The van der Waals surface area contributed by atoms with Gasteiger partial charge in [0.05, 0.1) is 35.2 Å². The largest absolute Gasteiger partial charge is 0.463 e. The minimum atomic E-state index is -0.833. The number of esters is 2. The van der Waals surface area contributed by atoms with Crippen LogP contribution in [0, 0.1) is 10.1 Å². The van der Waals surface area contributed by atoms with Crippen LogP contribution in [0.25, 0.3) is 0 Å². The summed E-state index contributed by atoms with van der Waals surface area (Å²) in [6.07, 6.45) is 10.4. The number of nitrogens with one attached hydrogen (secondary N) is 1. The highest BCUT2D eigenvalue weighted by molar-refractivity contribution is 5.99. The van der Waals surface area contributed by atoms with Crippen LogP contribution in [0.2, 0.25) is 0 Å². The zero-order chi connectivity index (χ0) is 26.5. The third-order valence-corrected chi connectivity index (χ3v) is 6.37. The molecule has 1 aromatic carbocycles. The zero-order valence-electron chi connectivity index (χ0n) is 22.1. The lowest BCUT2D eigenvalue weighted by Gasteiger charge is -2.30. The number of hydrogen-bond donors (Lipinski definition) is 1. The number of nitro groups is 1. The van der Waals surface area contributed by atoms with E-state index in [2.05, 4.69) is 12.2 Å². The Hall–Kier alpha value is -3.16. The highest BCUT2D eigenvalue weighted by atomic mass is 16.6. The van der Waals surface area contributed by atoms with Crippen molar-refractivity contribution in [3.63, 3.8) is 0 Å². The number of hydrogen-bond acceptors (Lipinski definition) is 7. The number of ether oxygens (including phenoxy) is 2. The normalized spacial score (nSPS) is 15.5. The highest BCUT2D eigenvalue weighted by Gasteiger charge is 2.38. The minimum absolute atomic E-state index is 0.119. The topological polar surface area (TPSA) is 108 Å². The highest BCUT2D eigenvalue weighted by Crippen LogP contribution is 2.40. The van der Waals surface area contributed by atoms with Crippen molar-refractivity contribution in [1.82, 2.24) is 5.32 Å². The fourth-order valence-electron chi connectivity index (χ4n) is 4.55. The molecule has 0 aliphatic carbocycles. The van der Waals surface area contributed by atoms with Gasteiger partial charge in [0.2, 0.25) is 0 Å². The number of dihydropyridines is 1. The molecule has 1 heterocycles. The molecule has 2 rings (SSSR count). The molecule has 198 valence electrons. The Kier molecular flexibility index (Phi) is 12.2. The average molecular weight is 501 g/mol. The van der Waals surface area contributed by atoms with E-state index in [-0.39, 0.29) is 30.0 Å². The fraction of sp³-hybridized carbons (Fsp3) is 0.571. The van der Waals surface area contributed by atoms with Crippen molar-refractivity contribution in [1.29, 1.82) is 0 Å². The quantitative estimate of drug-likeness (QED) is 0.127. The first kappa shape index (κ1) is 29.1. The van der Waals surface area contributed by atoms with Crippen LogP contribution >= 0.6 is 0 Å². The first-order chi connectivity index (χ1) is 17.3. The lowest BCUT2D eigenvalue weighted by molar-refractivity contribution is -0.384. The van der Waals surface area contributed by atoms with Gasteiger partial charge in [-0.05, 0) is 32.8 Å². The second-order valence-corrected chi connectivity index (χ2v) is 9.17. The molecule has 8 nitrogen and oxygen atoms in total. The molecule has 0 saturated carbocycles. The summed E-state index contributed by atoms with van der Waals surface area (Å²) in [6.45, 7) is 7.83. The van der Waals surface area contributed by atoms with Crippen LogP contribution in [0.4, 0.5) is 5.69 Å². The van der Waals surface area contributed by atoms with Crippen LogP contribution in [-0.4, -0.2) is 30.1 Å². The number of carbonyl (C=O) groups is 2. The second-order valence-electron chi connectivity index (χ2n) is 9.17. The Morgan fingerprint density at radius 1 is 0.889 bits per heavy atom. The smallest absolute Gasteiger partial charge is 0.336 e. The SMILES string of the molecule is CCCCCCCCCCCOC(=O)C1=C(C)NC(C)=C(C(=O)OCC)C1c1cccc([N+](=O)[O-])c1. The van der Waals surface area contributed by atoms with Gasteiger partial charge >= 0.3 is 11.9 Å². The van der Waals surface area contributed by atoms with E-state index in [4.69, 9.17) is 9.47 Å². The molecule has 1 N–H and O–H groups in total. The Bertz CT molecular complexity index is 982. The van der Waals surface area contributed by atoms with E-state index in [1.165, 1.54) is 50.7 Å². The summed E-state index contributed by atoms with van der Waals surface area (Å²) >= 11 is 0. The predicted octanol–water partition coefficient (Wildman–Crippen LogP) is 6.47. The first-order valence-corrected chi connectivity index (χ1v) is 13.1. The monoisotopic (exact) mass is 500 g/mol. The van der Waals surface area contributed by atoms with Gasteiger partial charge in [0.15, 0.2) is 0 Å². The standard InChI is InChI=1S/C28H40N2O6/c1-5-7-8-9-10-11-12-13-14-18-36-28(32)25-21(4)29-20(3)24(27(31)35-6-2)26(25)22-16-15-17-23(19-22)30(33)34/h15-17,19,26,29H,5-14,18H2,1-4H3. The van der Waals surface area contributed by atoms with E-state index in [0.717, 1.165) is 19.3 Å². The van der Waals surface area contributed by atoms with Crippen LogP contribution in [0.5, 0.6) is 0 Å². The molecule has 0 aromatic heterocycles. The number of carbonyl (C=O) groups excluding carboxylic acids is 2. The van der Waals surface area contributed by atoms with E-state index >= 15 is 0 Å². The molecular formula is C28H40N2O6. The number of rotatable bonds is 15. The van der Waals surface area contributed by atoms with Crippen molar-refractivity contribution >= 4 is 17.6 Å². The molecule has 0 amide bonds. The van der Waals surface area contributed by atoms with Crippen molar-refractivity contribution in [3.8, 4) is 0 Å². The second kappa shape index (κ2) is 15.1. The van der Waals surface area contributed by atoms with Crippen molar-refractivity contribution in [2.24, 2.45) is 0 Å². The molecule has 1 aliphatic rings. The predicted molar refractivity (Wildman–Crippen MR) is 139 cm³/mol. The molecule has 1 aromatic rings. The summed E-state index contributed by atoms with van der Waals surface area (Å²) in [5, 5.41) is 14.5. The molecule has 0 fully saturated rings. The maximum atomic E-state index is 13.3. The number of non-ortho nitro benzene ring substituents is 1. The summed E-state index contributed by atoms with van der Waals surface area (Å²) < 4.78 is 10.9. The average Bonchev–Trinajstić information content (AvgIpc) is 2.84. The number of allylic oxidation sites excluding steroid dienone is 2. The molecular weight excluding hydrogens is 460 g/mol. The van der Waals surface area contributed by atoms with Crippen molar-refractivity contribution < 1.29 is 24.0 Å². The lowest BCUT2D eigenvalue weighted by atomic mass is 9.80. The molecule has 8 heteroatoms. The van der Waals surface area contributed by atoms with Crippen LogP contribution in [0.15, 0.2) is 46.8 Å². The molecule has 1 unspecified atom stereocenters. The molecule has 0 saturated heterocycles. The van der Waals surface area contributed by atoms with Crippen molar-refractivity contribution in [2.45, 2.75) is 91.4 Å². The molecule has 36 heavy (non-hydrogen) atoms. The van der Waals surface area contributed by atoms with Crippen LogP contribution in [0.1, 0.15) is 97.0 Å². The van der Waals surface area contributed by atoms with Gasteiger partial charge in [-0.15, -0.1) is 0 Å². The summed E-state index contributed by atoms with van der Waals surface area (Å²) in [6, 6.07) is 6.00. The lowest BCUT2D eigenvalue weighted by Crippen LogP contribution is -2.32. The number of nitro benzene ring substituents is 1. The van der Waals surface area contributed by atoms with Gasteiger partial charge in [0, 0.05) is 23.5 Å². The van der Waals surface area contributed by atoms with Crippen molar-refractivity contribution in [2.75, 3.05) is 13.2 Å². The fourth-order valence-corrected chi connectivity index (χ4v) is 4.55. The van der Waals surface area contributed by atoms with Crippen molar-refractivity contribution in [3.05, 3.63) is 62.5 Å². The zero-order valence-corrected chi connectivity index (χ0v) is 22.1. The van der Waals surface area contributed by atoms with Gasteiger partial charge in [-0.3, -0.25) is 10.1 Å². The van der Waals surface area contributed by atoms with E-state index < -0.39 is 22.8 Å². The Morgan fingerprint density at radius 2 is 1.44 bits per heavy atom. The Balaban J connectivity index is 2.14. The van der Waals surface area contributed by atoms with Gasteiger partial charge in [0.1, 0.15) is 0 Å². The third kappa shape index (κ3) is 8.21. The van der Waals surface area contributed by atoms with Gasteiger partial charge in [-0.1, -0.05) is 70.4 Å². The summed E-state index contributed by atoms with van der Waals surface area (Å²) in [5.41, 5.74) is 1.94. The van der Waals surface area contributed by atoms with Gasteiger partial charge in [-0.25, -0.2) is 9.59 Å². The third-order valence-electron chi connectivity index (χ3n) is 6.37. The van der Waals surface area contributed by atoms with E-state index in [9.17, 15) is 19.7 Å². The van der Waals surface area contributed by atoms with Gasteiger partial charge < -0.3 is 14.8 Å². The van der Waals surface area contributed by atoms with Crippen LogP contribution in [-0.2, 0) is 19.1 Å². The number of benzene rings is 1. The van der Waals surface area contributed by atoms with Gasteiger partial charge in [0.25, 0.3) is 5.69 Å². The molecule has 1 aliphatic heterocycles. The first-order valence-electron chi connectivity index (χ1n) is 13.1. The maximum absolute atomic E-state index is 13.3. The van der Waals surface area contributed by atoms with E-state index in [1.54, 1.807) is 32.9 Å². The minimum Gasteiger partial charge on any atom is -0.463 e. The summed E-state index contributed by atoms with van der Waals surface area (Å²) in [7, 11) is 0. The van der Waals surface area contributed by atoms with Gasteiger partial charge in [-0.2, -0.15) is 0 Å². The summed E-state index contributed by atoms with van der Waals surface area (Å²) in [4.78, 5) is 37.1. The van der Waals surface area contributed by atoms with Crippen LogP contribution in [0.3, 0.4) is 0 Å². The maximum Gasteiger partial charge on any atom is 0.336 e. The molecule has 0 bridgehead atoms. The van der Waals surface area contributed by atoms with E-state index in [1.807, 2.05) is 0 Å². The molecule has 0 radical (unpaired) electrons. The molecule has 1 atom stereocenters. The number of unbranched alkanes of at least 4 members (excludes halogenated alkanes) is 8. The molecule has 0 spiro atoms. The summed E-state index contributed by atoms with van der Waals surface area (Å²) in [5.74, 6) is -1.94. The van der Waals surface area contributed by atoms with E-state index in [0.29, 0.717) is 17.0 Å². The Morgan fingerprint density at radius 3 is 2.00 bits per heavy atom. The number of nitrogens with zero attached hydrogens (tertiary/aromatic N) is 1. The Labute approximate surface area is 214 Å².